The largest absolute Gasteiger partial charge is 1.00 e. The molecule has 0 aliphatic heterocycles. The van der Waals surface area contributed by atoms with Gasteiger partial charge in [-0.3, -0.25) is 4.79 Å². The Morgan fingerprint density at radius 2 is 1.42 bits per heavy atom. The first-order chi connectivity index (χ1) is 8.66. The molecule has 0 aliphatic rings. The van der Waals surface area contributed by atoms with E-state index in [-0.39, 0.29) is 41.9 Å². The number of esters is 1. The number of rotatable bonds is 12. The van der Waals surface area contributed by atoms with Crippen molar-refractivity contribution < 1.29 is 49.0 Å². The number of aliphatic carboxylic acids is 1. The number of ether oxygens (including phenoxy) is 1. The summed E-state index contributed by atoms with van der Waals surface area (Å²) in [6.45, 7) is 2.60. The molecule has 5 heteroatoms. The SMILES string of the molecule is CCCCOC(=O)CCCCCCCCC(=O)[O-].[Na+]. The minimum Gasteiger partial charge on any atom is -0.550 e. The van der Waals surface area contributed by atoms with Gasteiger partial charge in [-0.05, 0) is 25.7 Å². The van der Waals surface area contributed by atoms with Crippen LogP contribution in [-0.2, 0) is 14.3 Å². The predicted molar refractivity (Wildman–Crippen MR) is 67.8 cm³/mol. The van der Waals surface area contributed by atoms with Crippen LogP contribution in [0.4, 0.5) is 0 Å². The minimum absolute atomic E-state index is 0. The van der Waals surface area contributed by atoms with Crippen LogP contribution in [0.5, 0.6) is 0 Å². The van der Waals surface area contributed by atoms with E-state index in [1.807, 2.05) is 0 Å². The predicted octanol–water partition coefficient (Wildman–Crippen LogP) is -0.796. The molecule has 0 saturated heterocycles. The summed E-state index contributed by atoms with van der Waals surface area (Å²) in [5.74, 6) is -1.06. The molecule has 0 radical (unpaired) electrons. The van der Waals surface area contributed by atoms with E-state index in [0.29, 0.717) is 19.4 Å². The fraction of sp³-hybridized carbons (Fsp3) is 0.857. The van der Waals surface area contributed by atoms with Crippen molar-refractivity contribution >= 4 is 11.9 Å². The molecule has 0 unspecified atom stereocenters. The molecular formula is C14H25NaO4. The summed E-state index contributed by atoms with van der Waals surface area (Å²) in [6, 6.07) is 0. The van der Waals surface area contributed by atoms with E-state index in [4.69, 9.17) is 4.74 Å². The van der Waals surface area contributed by atoms with E-state index in [1.165, 1.54) is 0 Å². The van der Waals surface area contributed by atoms with Crippen molar-refractivity contribution in [2.24, 2.45) is 0 Å². The van der Waals surface area contributed by atoms with Gasteiger partial charge in [0.05, 0.1) is 6.61 Å². The summed E-state index contributed by atoms with van der Waals surface area (Å²) < 4.78 is 5.04. The standard InChI is InChI=1S/C14H26O4.Na/c1-2-3-12-18-14(17)11-9-7-5-4-6-8-10-13(15)16;/h2-12H2,1H3,(H,15,16);/q;+1/p-1. The summed E-state index contributed by atoms with van der Waals surface area (Å²) in [5, 5.41) is 10.2. The molecule has 0 bridgehead atoms. The maximum Gasteiger partial charge on any atom is 1.00 e. The third kappa shape index (κ3) is 17.9. The topological polar surface area (TPSA) is 66.4 Å². The van der Waals surface area contributed by atoms with Gasteiger partial charge in [0.15, 0.2) is 0 Å². The average molecular weight is 280 g/mol. The number of hydrogen-bond donors (Lipinski definition) is 0. The van der Waals surface area contributed by atoms with E-state index in [0.717, 1.165) is 44.9 Å². The summed E-state index contributed by atoms with van der Waals surface area (Å²) in [4.78, 5) is 21.4. The molecule has 4 nitrogen and oxygen atoms in total. The third-order valence-electron chi connectivity index (χ3n) is 2.77. The summed E-state index contributed by atoms with van der Waals surface area (Å²) >= 11 is 0. The Morgan fingerprint density at radius 3 is 1.95 bits per heavy atom. The zero-order valence-corrected chi connectivity index (χ0v) is 14.4. The van der Waals surface area contributed by atoms with Crippen molar-refractivity contribution in [3.05, 3.63) is 0 Å². The summed E-state index contributed by atoms with van der Waals surface area (Å²) in [6.07, 6.45) is 8.21. The smallest absolute Gasteiger partial charge is 0.550 e. The van der Waals surface area contributed by atoms with Gasteiger partial charge in [0.25, 0.3) is 0 Å². The van der Waals surface area contributed by atoms with Gasteiger partial charge in [0.1, 0.15) is 0 Å². The van der Waals surface area contributed by atoms with Crippen LogP contribution in [-0.4, -0.2) is 18.5 Å². The number of carboxylic acids is 1. The molecule has 106 valence electrons. The Bertz CT molecular complexity index is 231. The van der Waals surface area contributed by atoms with Crippen LogP contribution in [0.15, 0.2) is 0 Å². The first kappa shape index (κ1) is 21.2. The Kier molecular flexibility index (Phi) is 17.9. The second-order valence-electron chi connectivity index (χ2n) is 4.57. The number of carbonyl (C=O) groups excluding carboxylic acids is 2. The van der Waals surface area contributed by atoms with Crippen molar-refractivity contribution in [3.8, 4) is 0 Å². The molecule has 0 aromatic carbocycles. The molecule has 0 saturated carbocycles. The Labute approximate surface area is 138 Å². The van der Waals surface area contributed by atoms with Crippen molar-refractivity contribution in [1.82, 2.24) is 0 Å². The Balaban J connectivity index is 0. The molecule has 0 heterocycles. The minimum atomic E-state index is -0.968. The molecule has 19 heavy (non-hydrogen) atoms. The second-order valence-corrected chi connectivity index (χ2v) is 4.57. The van der Waals surface area contributed by atoms with Gasteiger partial charge < -0.3 is 14.6 Å². The number of carbonyl (C=O) groups is 2. The maximum absolute atomic E-state index is 11.2. The molecule has 0 amide bonds. The van der Waals surface area contributed by atoms with Crippen LogP contribution in [0.25, 0.3) is 0 Å². The van der Waals surface area contributed by atoms with Gasteiger partial charge in [-0.1, -0.05) is 39.0 Å². The van der Waals surface area contributed by atoms with E-state index < -0.39 is 5.97 Å². The number of hydrogen-bond acceptors (Lipinski definition) is 4. The fourth-order valence-electron chi connectivity index (χ4n) is 1.65. The van der Waals surface area contributed by atoms with Crippen LogP contribution in [0.3, 0.4) is 0 Å². The number of carboxylic acid groups (broad SMARTS) is 1. The molecule has 0 aromatic rings. The van der Waals surface area contributed by atoms with Crippen LogP contribution in [0.2, 0.25) is 0 Å². The van der Waals surface area contributed by atoms with Gasteiger partial charge in [-0.2, -0.15) is 0 Å². The molecule has 0 spiro atoms. The van der Waals surface area contributed by atoms with Crippen molar-refractivity contribution in [2.75, 3.05) is 6.61 Å². The molecule has 0 aromatic heterocycles. The van der Waals surface area contributed by atoms with Crippen molar-refractivity contribution in [1.29, 1.82) is 0 Å². The molecule has 0 N–H and O–H groups in total. The molecule has 0 rings (SSSR count). The van der Waals surface area contributed by atoms with Gasteiger partial charge in [-0.15, -0.1) is 0 Å². The Hall–Kier alpha value is -0.0600. The van der Waals surface area contributed by atoms with Crippen LogP contribution < -0.4 is 34.7 Å². The fourth-order valence-corrected chi connectivity index (χ4v) is 1.65. The molecular weight excluding hydrogens is 255 g/mol. The number of unbranched alkanes of at least 4 members (excludes halogenated alkanes) is 6. The molecule has 0 aliphatic carbocycles. The first-order valence-corrected chi connectivity index (χ1v) is 7.02. The quantitative estimate of drug-likeness (QED) is 0.267. The summed E-state index contributed by atoms with van der Waals surface area (Å²) in [7, 11) is 0. The van der Waals surface area contributed by atoms with Crippen LogP contribution in [0.1, 0.15) is 71.1 Å². The van der Waals surface area contributed by atoms with E-state index in [2.05, 4.69) is 6.92 Å². The van der Waals surface area contributed by atoms with Gasteiger partial charge in [-0.25, -0.2) is 0 Å². The average Bonchev–Trinajstić information content (AvgIpc) is 2.32. The zero-order valence-electron chi connectivity index (χ0n) is 12.4. The second kappa shape index (κ2) is 16.0. The third-order valence-corrected chi connectivity index (χ3v) is 2.77. The van der Waals surface area contributed by atoms with Gasteiger partial charge in [0, 0.05) is 12.4 Å². The molecule has 0 fully saturated rings. The summed E-state index contributed by atoms with van der Waals surface area (Å²) in [5.41, 5.74) is 0. The van der Waals surface area contributed by atoms with Crippen LogP contribution >= 0.6 is 0 Å². The van der Waals surface area contributed by atoms with E-state index in [1.54, 1.807) is 0 Å². The van der Waals surface area contributed by atoms with Gasteiger partial charge in [0.2, 0.25) is 0 Å². The van der Waals surface area contributed by atoms with Crippen LogP contribution in [0, 0.1) is 0 Å². The molecule has 0 atom stereocenters. The normalized spacial score (nSPS) is 9.74. The van der Waals surface area contributed by atoms with Crippen molar-refractivity contribution in [3.63, 3.8) is 0 Å². The van der Waals surface area contributed by atoms with Crippen molar-refractivity contribution in [2.45, 2.75) is 71.1 Å². The first-order valence-electron chi connectivity index (χ1n) is 7.02. The monoisotopic (exact) mass is 280 g/mol. The van der Waals surface area contributed by atoms with Gasteiger partial charge >= 0.3 is 35.5 Å². The maximum atomic E-state index is 11.2. The van der Waals surface area contributed by atoms with E-state index >= 15 is 0 Å². The Morgan fingerprint density at radius 1 is 0.895 bits per heavy atom. The zero-order chi connectivity index (χ0) is 13.6. The van der Waals surface area contributed by atoms with E-state index in [9.17, 15) is 14.7 Å².